The quantitative estimate of drug-likeness (QED) is 0.583. The largest absolute Gasteiger partial charge is 0.452 e. The van der Waals surface area contributed by atoms with Crippen molar-refractivity contribution in [2.75, 3.05) is 26.7 Å². The summed E-state index contributed by atoms with van der Waals surface area (Å²) in [4.78, 5) is 36.3. The van der Waals surface area contributed by atoms with Gasteiger partial charge in [0, 0.05) is 13.6 Å². The summed E-state index contributed by atoms with van der Waals surface area (Å²) < 4.78 is 18.2. The number of hydrogen-bond acceptors (Lipinski definition) is 4. The van der Waals surface area contributed by atoms with Crippen molar-refractivity contribution in [3.63, 3.8) is 0 Å². The Kier molecular flexibility index (Phi) is 7.94. The molecule has 0 aliphatic heterocycles. The molecule has 0 saturated carbocycles. The van der Waals surface area contributed by atoms with Gasteiger partial charge < -0.3 is 15.0 Å². The van der Waals surface area contributed by atoms with E-state index in [1.165, 1.54) is 7.05 Å². The molecule has 0 radical (unpaired) electrons. The normalized spacial score (nSPS) is 10.2. The Morgan fingerprint density at radius 1 is 1.25 bits per heavy atom. The molecule has 0 aliphatic carbocycles. The maximum atomic E-state index is 13.4. The summed E-state index contributed by atoms with van der Waals surface area (Å²) in [7, 11) is 1.40. The Morgan fingerprint density at radius 2 is 1.92 bits per heavy atom. The van der Waals surface area contributed by atoms with Crippen molar-refractivity contribution in [2.45, 2.75) is 13.3 Å². The van der Waals surface area contributed by atoms with Crippen LogP contribution in [0.2, 0.25) is 10.0 Å². The molecule has 0 saturated heterocycles. The van der Waals surface area contributed by atoms with E-state index in [2.05, 4.69) is 5.32 Å². The van der Waals surface area contributed by atoms with Crippen molar-refractivity contribution >= 4 is 41.0 Å². The van der Waals surface area contributed by atoms with Gasteiger partial charge in [-0.05, 0) is 18.6 Å². The first-order chi connectivity index (χ1) is 11.3. The Balaban J connectivity index is 2.56. The Bertz CT molecular complexity index is 640. The number of esters is 1. The van der Waals surface area contributed by atoms with Gasteiger partial charge in [-0.25, -0.2) is 9.18 Å². The van der Waals surface area contributed by atoms with E-state index in [1.807, 2.05) is 6.92 Å². The smallest absolute Gasteiger partial charge is 0.340 e. The zero-order valence-electron chi connectivity index (χ0n) is 13.2. The van der Waals surface area contributed by atoms with Crippen LogP contribution in [0.4, 0.5) is 4.39 Å². The van der Waals surface area contributed by atoms with Crippen LogP contribution in [-0.2, 0) is 14.3 Å². The highest BCUT2D eigenvalue weighted by atomic mass is 35.5. The number of hydrogen-bond donors (Lipinski definition) is 1. The van der Waals surface area contributed by atoms with Crippen molar-refractivity contribution in [3.8, 4) is 0 Å². The summed E-state index contributed by atoms with van der Waals surface area (Å²) in [6, 6.07) is 1.90. The van der Waals surface area contributed by atoms with Gasteiger partial charge in [-0.15, -0.1) is 0 Å². The summed E-state index contributed by atoms with van der Waals surface area (Å²) >= 11 is 11.3. The van der Waals surface area contributed by atoms with Gasteiger partial charge in [0.05, 0.1) is 22.2 Å². The predicted octanol–water partition coefficient (Wildman–Crippen LogP) is 2.27. The molecule has 24 heavy (non-hydrogen) atoms. The van der Waals surface area contributed by atoms with Crippen molar-refractivity contribution in [3.05, 3.63) is 33.6 Å². The highest BCUT2D eigenvalue weighted by Crippen LogP contribution is 2.24. The maximum Gasteiger partial charge on any atom is 0.340 e. The van der Waals surface area contributed by atoms with Crippen LogP contribution >= 0.6 is 23.2 Å². The highest BCUT2D eigenvalue weighted by Gasteiger charge is 2.19. The second-order valence-corrected chi connectivity index (χ2v) is 5.74. The van der Waals surface area contributed by atoms with E-state index in [-0.39, 0.29) is 28.1 Å². The molecular weight excluding hydrogens is 362 g/mol. The third-order valence-electron chi connectivity index (χ3n) is 2.94. The molecule has 132 valence electrons. The molecule has 0 atom stereocenters. The zero-order valence-corrected chi connectivity index (χ0v) is 14.7. The Morgan fingerprint density at radius 3 is 2.54 bits per heavy atom. The van der Waals surface area contributed by atoms with E-state index in [9.17, 15) is 18.8 Å². The standard InChI is InChI=1S/C15H17Cl2FN2O4/c1-3-4-19-13(21)7-20(2)14(22)8-24-15(23)9-5-12(18)11(17)6-10(9)16/h5-6H,3-4,7-8H2,1-2H3,(H,19,21). The molecule has 9 heteroatoms. The van der Waals surface area contributed by atoms with Crippen LogP contribution in [0.1, 0.15) is 23.7 Å². The summed E-state index contributed by atoms with van der Waals surface area (Å²) in [6.07, 6.45) is 0.777. The van der Waals surface area contributed by atoms with E-state index < -0.39 is 24.3 Å². The van der Waals surface area contributed by atoms with E-state index in [0.29, 0.717) is 6.54 Å². The van der Waals surface area contributed by atoms with E-state index in [4.69, 9.17) is 27.9 Å². The van der Waals surface area contributed by atoms with E-state index in [0.717, 1.165) is 23.5 Å². The third kappa shape index (κ3) is 5.98. The SMILES string of the molecule is CCCNC(=O)CN(C)C(=O)COC(=O)c1cc(F)c(Cl)cc1Cl. The number of nitrogens with one attached hydrogen (secondary N) is 1. The van der Waals surface area contributed by atoms with Crippen LogP contribution in [0.25, 0.3) is 0 Å². The van der Waals surface area contributed by atoms with Crippen LogP contribution in [0, 0.1) is 5.82 Å². The number of rotatable bonds is 7. The molecule has 0 unspecified atom stereocenters. The van der Waals surface area contributed by atoms with Gasteiger partial charge in [0.15, 0.2) is 6.61 Å². The third-order valence-corrected chi connectivity index (χ3v) is 3.54. The average molecular weight is 379 g/mol. The summed E-state index contributed by atoms with van der Waals surface area (Å²) in [5.74, 6) is -2.70. The number of halogens is 3. The molecular formula is C15H17Cl2FN2O4. The lowest BCUT2D eigenvalue weighted by molar-refractivity contribution is -0.137. The highest BCUT2D eigenvalue weighted by molar-refractivity contribution is 6.36. The first-order valence-electron chi connectivity index (χ1n) is 7.08. The number of carbonyl (C=O) groups excluding carboxylic acids is 3. The van der Waals surface area contributed by atoms with Gasteiger partial charge in [0.2, 0.25) is 5.91 Å². The number of ether oxygens (including phenoxy) is 1. The van der Waals surface area contributed by atoms with Gasteiger partial charge in [0.1, 0.15) is 5.82 Å². The topological polar surface area (TPSA) is 75.7 Å². The molecule has 1 aromatic carbocycles. The second-order valence-electron chi connectivity index (χ2n) is 4.92. The van der Waals surface area contributed by atoms with Crippen LogP contribution < -0.4 is 5.32 Å². The number of carbonyl (C=O) groups is 3. The molecule has 0 aromatic heterocycles. The van der Waals surface area contributed by atoms with E-state index >= 15 is 0 Å². The fraction of sp³-hybridized carbons (Fsp3) is 0.400. The van der Waals surface area contributed by atoms with Gasteiger partial charge in [0.25, 0.3) is 5.91 Å². The molecule has 0 bridgehead atoms. The molecule has 1 N–H and O–H groups in total. The fourth-order valence-electron chi connectivity index (χ4n) is 1.62. The predicted molar refractivity (Wildman–Crippen MR) is 87.6 cm³/mol. The monoisotopic (exact) mass is 378 g/mol. The Labute approximate surface area is 148 Å². The van der Waals surface area contributed by atoms with Crippen LogP contribution in [0.15, 0.2) is 12.1 Å². The molecule has 0 fully saturated rings. The minimum Gasteiger partial charge on any atom is -0.452 e. The van der Waals surface area contributed by atoms with Crippen molar-refractivity contribution < 1.29 is 23.5 Å². The maximum absolute atomic E-state index is 13.4. The summed E-state index contributed by atoms with van der Waals surface area (Å²) in [5.41, 5.74) is -0.241. The lowest BCUT2D eigenvalue weighted by atomic mass is 10.2. The lowest BCUT2D eigenvalue weighted by Crippen LogP contribution is -2.40. The minimum atomic E-state index is -0.965. The average Bonchev–Trinajstić information content (AvgIpc) is 2.53. The van der Waals surface area contributed by atoms with Crippen LogP contribution in [0.5, 0.6) is 0 Å². The van der Waals surface area contributed by atoms with Crippen molar-refractivity contribution in [1.29, 1.82) is 0 Å². The van der Waals surface area contributed by atoms with Gasteiger partial charge in [-0.2, -0.15) is 0 Å². The summed E-state index contributed by atoms with van der Waals surface area (Å²) in [5, 5.41) is 2.29. The fourth-order valence-corrected chi connectivity index (χ4v) is 2.08. The molecule has 0 heterocycles. The van der Waals surface area contributed by atoms with E-state index in [1.54, 1.807) is 0 Å². The molecule has 6 nitrogen and oxygen atoms in total. The minimum absolute atomic E-state index is 0.0915. The molecule has 0 spiro atoms. The van der Waals surface area contributed by atoms with Crippen molar-refractivity contribution in [2.24, 2.45) is 0 Å². The summed E-state index contributed by atoms with van der Waals surface area (Å²) in [6.45, 7) is 1.65. The van der Waals surface area contributed by atoms with Crippen molar-refractivity contribution in [1.82, 2.24) is 10.2 Å². The van der Waals surface area contributed by atoms with Gasteiger partial charge in [-0.1, -0.05) is 30.1 Å². The number of nitrogens with zero attached hydrogens (tertiary/aromatic N) is 1. The zero-order chi connectivity index (χ0) is 18.3. The first kappa shape index (κ1) is 20.2. The molecule has 1 aromatic rings. The number of likely N-dealkylation sites (N-methyl/N-ethyl adjacent to an activating group) is 1. The number of amides is 2. The second kappa shape index (κ2) is 9.44. The molecule has 1 rings (SSSR count). The molecule has 0 aliphatic rings. The number of benzene rings is 1. The molecule has 2 amide bonds. The lowest BCUT2D eigenvalue weighted by Gasteiger charge is -2.16. The van der Waals surface area contributed by atoms with Crippen LogP contribution in [-0.4, -0.2) is 49.4 Å². The van der Waals surface area contributed by atoms with Gasteiger partial charge in [-0.3, -0.25) is 9.59 Å². The Hall–Kier alpha value is -1.86. The first-order valence-corrected chi connectivity index (χ1v) is 7.84. The van der Waals surface area contributed by atoms with Crippen LogP contribution in [0.3, 0.4) is 0 Å². The van der Waals surface area contributed by atoms with Gasteiger partial charge >= 0.3 is 5.97 Å².